The lowest BCUT2D eigenvalue weighted by molar-refractivity contribution is -0.129. The maximum absolute atomic E-state index is 11.9. The number of amides is 1. The minimum Gasteiger partial charge on any atom is -0.369 e. The van der Waals surface area contributed by atoms with Gasteiger partial charge in [-0.1, -0.05) is 24.9 Å². The van der Waals surface area contributed by atoms with Gasteiger partial charge in [0.25, 0.3) is 0 Å². The van der Waals surface area contributed by atoms with Crippen LogP contribution in [0.5, 0.6) is 0 Å². The van der Waals surface area contributed by atoms with Crippen LogP contribution in [0.15, 0.2) is 6.33 Å². The molecule has 0 radical (unpaired) electrons. The molecule has 0 aromatic carbocycles. The second kappa shape index (κ2) is 7.43. The fraction of sp³-hybridized carbons (Fsp3) is 0.643. The fourth-order valence-electron chi connectivity index (χ4n) is 2.43. The van der Waals surface area contributed by atoms with Crippen LogP contribution in [0.25, 0.3) is 0 Å². The molecule has 1 amide bonds. The molecular formula is C14H21ClN4O. The largest absolute Gasteiger partial charge is 0.369 e. The Morgan fingerprint density at radius 2 is 2.15 bits per heavy atom. The number of nitrogens with one attached hydrogen (secondary N) is 1. The molecule has 0 unspecified atom stereocenters. The second-order valence-corrected chi connectivity index (χ2v) is 5.36. The van der Waals surface area contributed by atoms with E-state index in [1.54, 1.807) is 0 Å². The van der Waals surface area contributed by atoms with Crippen molar-refractivity contribution in [3.63, 3.8) is 0 Å². The molecule has 0 aliphatic carbocycles. The zero-order chi connectivity index (χ0) is 14.4. The fourth-order valence-corrected chi connectivity index (χ4v) is 2.65. The van der Waals surface area contributed by atoms with Crippen molar-refractivity contribution in [3.8, 4) is 0 Å². The summed E-state index contributed by atoms with van der Waals surface area (Å²) in [6, 6.07) is 0. The lowest BCUT2D eigenvalue weighted by atomic mass is 10.2. The maximum atomic E-state index is 11.9. The number of halogens is 1. The molecule has 1 aliphatic rings. The Kier molecular flexibility index (Phi) is 5.59. The van der Waals surface area contributed by atoms with Gasteiger partial charge < -0.3 is 10.2 Å². The van der Waals surface area contributed by atoms with Crippen LogP contribution in [-0.4, -0.2) is 40.4 Å². The summed E-state index contributed by atoms with van der Waals surface area (Å²) in [4.78, 5) is 22.1. The van der Waals surface area contributed by atoms with Crippen LogP contribution < -0.4 is 5.32 Å². The van der Waals surface area contributed by atoms with Crippen LogP contribution in [0, 0.1) is 0 Å². The summed E-state index contributed by atoms with van der Waals surface area (Å²) in [6.07, 6.45) is 6.01. The van der Waals surface area contributed by atoms with Crippen molar-refractivity contribution in [2.45, 2.75) is 39.0 Å². The third-order valence-electron chi connectivity index (χ3n) is 3.48. The van der Waals surface area contributed by atoms with E-state index in [1.807, 2.05) is 4.90 Å². The summed E-state index contributed by atoms with van der Waals surface area (Å²) in [5.74, 6) is 0.966. The first-order valence-corrected chi connectivity index (χ1v) is 7.61. The first-order chi connectivity index (χ1) is 9.72. The van der Waals surface area contributed by atoms with Gasteiger partial charge in [-0.05, 0) is 19.3 Å². The van der Waals surface area contributed by atoms with Crippen molar-refractivity contribution in [1.29, 1.82) is 0 Å². The average Bonchev–Trinajstić information content (AvgIpc) is 2.96. The van der Waals surface area contributed by atoms with Gasteiger partial charge in [-0.3, -0.25) is 4.79 Å². The molecule has 2 rings (SSSR count). The highest BCUT2D eigenvalue weighted by Crippen LogP contribution is 2.21. The first kappa shape index (κ1) is 15.0. The summed E-state index contributed by atoms with van der Waals surface area (Å²) in [6.45, 7) is 4.47. The minimum absolute atomic E-state index is 0.215. The Hall–Kier alpha value is -1.36. The van der Waals surface area contributed by atoms with Gasteiger partial charge in [0, 0.05) is 31.6 Å². The van der Waals surface area contributed by atoms with Crippen molar-refractivity contribution in [1.82, 2.24) is 14.9 Å². The van der Waals surface area contributed by atoms with Crippen molar-refractivity contribution in [2.75, 3.05) is 25.0 Å². The Bertz CT molecular complexity index is 460. The van der Waals surface area contributed by atoms with Gasteiger partial charge in [0.05, 0.1) is 0 Å². The van der Waals surface area contributed by atoms with Gasteiger partial charge in [-0.25, -0.2) is 9.97 Å². The van der Waals surface area contributed by atoms with Gasteiger partial charge in [0.1, 0.15) is 17.3 Å². The number of rotatable bonds is 6. The average molecular weight is 297 g/mol. The van der Waals surface area contributed by atoms with Gasteiger partial charge in [-0.15, -0.1) is 0 Å². The molecule has 0 saturated carbocycles. The maximum Gasteiger partial charge on any atom is 0.224 e. The van der Waals surface area contributed by atoms with Crippen LogP contribution in [0.2, 0.25) is 5.15 Å². The van der Waals surface area contributed by atoms with Crippen LogP contribution in [0.4, 0.5) is 5.82 Å². The first-order valence-electron chi connectivity index (χ1n) is 7.23. The summed E-state index contributed by atoms with van der Waals surface area (Å²) >= 11 is 6.09. The topological polar surface area (TPSA) is 58.1 Å². The number of hydrogen-bond acceptors (Lipinski definition) is 4. The van der Waals surface area contributed by atoms with E-state index in [0.717, 1.165) is 50.2 Å². The monoisotopic (exact) mass is 296 g/mol. The number of anilines is 1. The van der Waals surface area contributed by atoms with Gasteiger partial charge in [0.2, 0.25) is 5.91 Å². The van der Waals surface area contributed by atoms with E-state index in [-0.39, 0.29) is 5.91 Å². The van der Waals surface area contributed by atoms with E-state index in [2.05, 4.69) is 22.2 Å². The molecule has 1 aromatic heterocycles. The SMILES string of the molecule is CCCc1c(Cl)ncnc1NCCC(=O)N1CCCC1. The van der Waals surface area contributed by atoms with Crippen molar-refractivity contribution < 1.29 is 4.79 Å². The van der Waals surface area contributed by atoms with Gasteiger partial charge >= 0.3 is 0 Å². The molecule has 2 heterocycles. The molecule has 5 nitrogen and oxygen atoms in total. The minimum atomic E-state index is 0.215. The van der Waals surface area contributed by atoms with Gasteiger partial charge in [0.15, 0.2) is 0 Å². The molecule has 1 aliphatic heterocycles. The van der Waals surface area contributed by atoms with E-state index >= 15 is 0 Å². The lowest BCUT2D eigenvalue weighted by Crippen LogP contribution is -2.29. The Labute approximate surface area is 124 Å². The quantitative estimate of drug-likeness (QED) is 0.820. The number of nitrogens with zero attached hydrogens (tertiary/aromatic N) is 3. The molecule has 20 heavy (non-hydrogen) atoms. The molecule has 0 spiro atoms. The molecule has 0 atom stereocenters. The summed E-state index contributed by atoms with van der Waals surface area (Å²) in [7, 11) is 0. The van der Waals surface area contributed by atoms with Crippen LogP contribution in [0.3, 0.4) is 0 Å². The summed E-state index contributed by atoms with van der Waals surface area (Å²) in [5.41, 5.74) is 0.935. The number of aromatic nitrogens is 2. The molecule has 110 valence electrons. The smallest absolute Gasteiger partial charge is 0.224 e. The Balaban J connectivity index is 1.87. The number of likely N-dealkylation sites (tertiary alicyclic amines) is 1. The molecule has 1 N–H and O–H groups in total. The predicted octanol–water partition coefficient (Wildman–Crippen LogP) is 2.51. The molecule has 1 fully saturated rings. The highest BCUT2D eigenvalue weighted by molar-refractivity contribution is 6.30. The summed E-state index contributed by atoms with van der Waals surface area (Å²) in [5, 5.41) is 3.71. The third-order valence-corrected chi connectivity index (χ3v) is 3.81. The molecule has 1 aromatic rings. The molecule has 0 bridgehead atoms. The number of hydrogen-bond donors (Lipinski definition) is 1. The predicted molar refractivity (Wildman–Crippen MR) is 80.0 cm³/mol. The Morgan fingerprint density at radius 3 is 2.85 bits per heavy atom. The highest BCUT2D eigenvalue weighted by Gasteiger charge is 2.17. The van der Waals surface area contributed by atoms with E-state index in [1.165, 1.54) is 6.33 Å². The van der Waals surface area contributed by atoms with Crippen molar-refractivity contribution >= 4 is 23.3 Å². The van der Waals surface area contributed by atoms with E-state index in [9.17, 15) is 4.79 Å². The third kappa shape index (κ3) is 3.82. The molecular weight excluding hydrogens is 276 g/mol. The highest BCUT2D eigenvalue weighted by atomic mass is 35.5. The van der Waals surface area contributed by atoms with Gasteiger partial charge in [-0.2, -0.15) is 0 Å². The zero-order valence-corrected chi connectivity index (χ0v) is 12.6. The Morgan fingerprint density at radius 1 is 1.40 bits per heavy atom. The zero-order valence-electron chi connectivity index (χ0n) is 11.9. The molecule has 6 heteroatoms. The number of carbonyl (C=O) groups excluding carboxylic acids is 1. The summed E-state index contributed by atoms with van der Waals surface area (Å²) < 4.78 is 0. The van der Waals surface area contributed by atoms with Crippen LogP contribution in [0.1, 0.15) is 38.2 Å². The van der Waals surface area contributed by atoms with E-state index in [0.29, 0.717) is 18.1 Å². The van der Waals surface area contributed by atoms with Crippen LogP contribution in [-0.2, 0) is 11.2 Å². The lowest BCUT2D eigenvalue weighted by Gasteiger charge is -2.16. The van der Waals surface area contributed by atoms with E-state index < -0.39 is 0 Å². The van der Waals surface area contributed by atoms with Crippen molar-refractivity contribution in [3.05, 3.63) is 17.0 Å². The molecule has 1 saturated heterocycles. The van der Waals surface area contributed by atoms with Crippen molar-refractivity contribution in [2.24, 2.45) is 0 Å². The number of carbonyl (C=O) groups is 1. The second-order valence-electron chi connectivity index (χ2n) is 5.01. The normalized spacial score (nSPS) is 14.6. The van der Waals surface area contributed by atoms with Crippen LogP contribution >= 0.6 is 11.6 Å². The van der Waals surface area contributed by atoms with E-state index in [4.69, 9.17) is 11.6 Å². The standard InChI is InChI=1S/C14H21ClN4O/c1-2-5-11-13(15)17-10-18-14(11)16-7-6-12(20)19-8-3-4-9-19/h10H,2-9H2,1H3,(H,16,17,18).